The van der Waals surface area contributed by atoms with Crippen LogP contribution in [0.15, 0.2) is 0 Å². The van der Waals surface area contributed by atoms with Crippen molar-refractivity contribution in [2.75, 3.05) is 13.2 Å². The Hall–Kier alpha value is -1.59. The van der Waals surface area contributed by atoms with Crippen molar-refractivity contribution in [1.29, 1.82) is 0 Å². The molecule has 6 heteroatoms. The molecule has 6 nitrogen and oxygen atoms in total. The Morgan fingerprint density at radius 3 is 0.817 bits per heavy atom. The van der Waals surface area contributed by atoms with Gasteiger partial charge in [-0.15, -0.1) is 0 Å². The zero-order chi connectivity index (χ0) is 44.0. The Labute approximate surface area is 374 Å². The number of carbonyl (C=O) groups excluding carboxylic acids is 3. The molecule has 0 aromatic heterocycles. The molecule has 0 saturated carbocycles. The molecule has 0 fully saturated rings. The number of ether oxygens (including phenoxy) is 3. The van der Waals surface area contributed by atoms with E-state index < -0.39 is 6.10 Å². The largest absolute Gasteiger partial charge is 0.462 e. The van der Waals surface area contributed by atoms with E-state index in [1.807, 2.05) is 0 Å². The van der Waals surface area contributed by atoms with Crippen LogP contribution in [0.4, 0.5) is 0 Å². The molecule has 0 amide bonds. The lowest BCUT2D eigenvalue weighted by atomic mass is 10.0. The van der Waals surface area contributed by atoms with Crippen LogP contribution in [-0.2, 0) is 28.6 Å². The average Bonchev–Trinajstić information content (AvgIpc) is 3.22. The van der Waals surface area contributed by atoms with Gasteiger partial charge in [-0.05, 0) is 31.1 Å². The summed E-state index contributed by atoms with van der Waals surface area (Å²) >= 11 is 0. The van der Waals surface area contributed by atoms with E-state index in [4.69, 9.17) is 14.2 Å². The van der Waals surface area contributed by atoms with Crippen LogP contribution in [0.5, 0.6) is 0 Å². The van der Waals surface area contributed by atoms with Crippen LogP contribution in [0.1, 0.15) is 298 Å². The fraction of sp³-hybridized carbons (Fsp3) is 0.944. The number of unbranched alkanes of at least 4 members (excludes halogenated alkanes) is 33. The molecule has 0 rings (SSSR count). The van der Waals surface area contributed by atoms with E-state index in [-0.39, 0.29) is 31.1 Å². The van der Waals surface area contributed by atoms with Gasteiger partial charge < -0.3 is 14.2 Å². The van der Waals surface area contributed by atoms with Crippen LogP contribution in [-0.4, -0.2) is 37.2 Å². The first-order valence-electron chi connectivity index (χ1n) is 26.7. The highest BCUT2D eigenvalue weighted by Gasteiger charge is 2.19. The van der Waals surface area contributed by atoms with E-state index in [2.05, 4.69) is 34.6 Å². The van der Waals surface area contributed by atoms with Gasteiger partial charge in [-0.1, -0.05) is 259 Å². The minimum absolute atomic E-state index is 0.0638. The van der Waals surface area contributed by atoms with Gasteiger partial charge in [-0.25, -0.2) is 0 Å². The third-order valence-corrected chi connectivity index (χ3v) is 12.2. The molecule has 356 valence electrons. The molecule has 0 saturated heterocycles. The van der Waals surface area contributed by atoms with Crippen molar-refractivity contribution < 1.29 is 28.6 Å². The maximum absolute atomic E-state index is 12.8. The van der Waals surface area contributed by atoms with Crippen LogP contribution in [0.2, 0.25) is 0 Å². The molecule has 0 radical (unpaired) electrons. The monoisotopic (exact) mass is 849 g/mol. The van der Waals surface area contributed by atoms with Crippen molar-refractivity contribution in [1.82, 2.24) is 0 Å². The van der Waals surface area contributed by atoms with E-state index in [1.54, 1.807) is 0 Å². The van der Waals surface area contributed by atoms with Gasteiger partial charge in [-0.2, -0.15) is 0 Å². The molecule has 0 heterocycles. The van der Waals surface area contributed by atoms with E-state index >= 15 is 0 Å². The van der Waals surface area contributed by atoms with E-state index in [1.165, 1.54) is 186 Å². The summed E-state index contributed by atoms with van der Waals surface area (Å²) in [5.74, 6) is 0.786. The van der Waals surface area contributed by atoms with E-state index in [9.17, 15) is 14.4 Å². The van der Waals surface area contributed by atoms with Gasteiger partial charge in [0.2, 0.25) is 0 Å². The Morgan fingerprint density at radius 2 is 0.550 bits per heavy atom. The quantitative estimate of drug-likeness (QED) is 0.0345. The maximum atomic E-state index is 12.8. The highest BCUT2D eigenvalue weighted by Crippen LogP contribution is 2.17. The maximum Gasteiger partial charge on any atom is 0.306 e. The first-order valence-corrected chi connectivity index (χ1v) is 26.7. The Bertz CT molecular complexity index is 916. The van der Waals surface area contributed by atoms with Gasteiger partial charge in [-0.3, -0.25) is 14.4 Å². The van der Waals surface area contributed by atoms with Crippen molar-refractivity contribution >= 4 is 17.9 Å². The van der Waals surface area contributed by atoms with Crippen molar-refractivity contribution in [3.63, 3.8) is 0 Å². The molecule has 0 bridgehead atoms. The minimum Gasteiger partial charge on any atom is -0.462 e. The lowest BCUT2D eigenvalue weighted by Crippen LogP contribution is -2.30. The van der Waals surface area contributed by atoms with Crippen LogP contribution < -0.4 is 0 Å². The molecule has 0 aromatic carbocycles. The summed E-state index contributed by atoms with van der Waals surface area (Å²) in [7, 11) is 0. The predicted octanol–water partition coefficient (Wildman–Crippen LogP) is 17.3. The highest BCUT2D eigenvalue weighted by molar-refractivity contribution is 5.71. The molecular weight excluding hydrogens is 745 g/mol. The number of hydrogen-bond acceptors (Lipinski definition) is 6. The fourth-order valence-corrected chi connectivity index (χ4v) is 8.17. The van der Waals surface area contributed by atoms with Gasteiger partial charge in [0.1, 0.15) is 13.2 Å². The molecule has 0 aliphatic heterocycles. The van der Waals surface area contributed by atoms with Gasteiger partial charge in [0.25, 0.3) is 0 Å². The van der Waals surface area contributed by atoms with Crippen LogP contribution in [0, 0.1) is 11.8 Å². The first-order chi connectivity index (χ1) is 29.2. The smallest absolute Gasteiger partial charge is 0.306 e. The van der Waals surface area contributed by atoms with E-state index in [0.717, 1.165) is 69.6 Å². The summed E-state index contributed by atoms with van der Waals surface area (Å²) in [5.41, 5.74) is 0. The lowest BCUT2D eigenvalue weighted by Gasteiger charge is -2.18. The lowest BCUT2D eigenvalue weighted by molar-refractivity contribution is -0.167. The molecule has 1 atom stereocenters. The van der Waals surface area contributed by atoms with E-state index in [0.29, 0.717) is 19.3 Å². The summed E-state index contributed by atoms with van der Waals surface area (Å²) in [6.45, 7) is 11.4. The van der Waals surface area contributed by atoms with Gasteiger partial charge >= 0.3 is 17.9 Å². The minimum atomic E-state index is -0.762. The second-order valence-electron chi connectivity index (χ2n) is 19.5. The summed E-state index contributed by atoms with van der Waals surface area (Å²) in [5, 5.41) is 0. The van der Waals surface area contributed by atoms with Crippen molar-refractivity contribution in [3.8, 4) is 0 Å². The average molecular weight is 849 g/mol. The molecule has 0 aromatic rings. The molecule has 0 aliphatic rings. The topological polar surface area (TPSA) is 78.9 Å². The van der Waals surface area contributed by atoms with Gasteiger partial charge in [0.15, 0.2) is 6.10 Å². The number of esters is 3. The summed E-state index contributed by atoms with van der Waals surface area (Å²) in [4.78, 5) is 38.0. The van der Waals surface area contributed by atoms with Crippen molar-refractivity contribution in [2.45, 2.75) is 304 Å². The number of carbonyl (C=O) groups is 3. The fourth-order valence-electron chi connectivity index (χ4n) is 8.17. The third-order valence-electron chi connectivity index (χ3n) is 12.2. The number of hydrogen-bond donors (Lipinski definition) is 0. The molecule has 0 unspecified atom stereocenters. The molecule has 60 heavy (non-hydrogen) atoms. The third kappa shape index (κ3) is 47.5. The Balaban J connectivity index is 4.28. The second-order valence-corrected chi connectivity index (χ2v) is 19.5. The molecular formula is C54H104O6. The zero-order valence-electron chi connectivity index (χ0n) is 41.1. The summed E-state index contributed by atoms with van der Waals surface area (Å²) in [6.07, 6.45) is 48.1. The van der Waals surface area contributed by atoms with Crippen LogP contribution in [0.3, 0.4) is 0 Å². The van der Waals surface area contributed by atoms with Crippen molar-refractivity contribution in [2.24, 2.45) is 11.8 Å². The molecule has 0 aliphatic carbocycles. The summed E-state index contributed by atoms with van der Waals surface area (Å²) < 4.78 is 16.8. The summed E-state index contributed by atoms with van der Waals surface area (Å²) in [6, 6.07) is 0. The SMILES string of the molecule is CCCCCCCCCCCCCCCCCC(=O)OC[C@@H](COC(=O)CCCCCCCCCCCCCCCC(C)C)OC(=O)CCCCCCCCCCC(C)C. The zero-order valence-corrected chi connectivity index (χ0v) is 41.1. The Morgan fingerprint density at radius 1 is 0.317 bits per heavy atom. The van der Waals surface area contributed by atoms with Crippen molar-refractivity contribution in [3.05, 3.63) is 0 Å². The predicted molar refractivity (Wildman–Crippen MR) is 256 cm³/mol. The van der Waals surface area contributed by atoms with Gasteiger partial charge in [0, 0.05) is 19.3 Å². The first kappa shape index (κ1) is 58.4. The Kier molecular flexibility index (Phi) is 45.7. The molecule has 0 spiro atoms. The number of rotatable bonds is 48. The van der Waals surface area contributed by atoms with Crippen LogP contribution in [0.25, 0.3) is 0 Å². The highest BCUT2D eigenvalue weighted by atomic mass is 16.6. The standard InChI is InChI=1S/C54H104O6/c1-6-7-8-9-10-11-12-13-14-17-20-23-29-34-39-44-52(55)58-47-51(60-54(57)46-41-36-31-26-25-28-33-38-43-50(4)5)48-59-53(56)45-40-35-30-24-21-18-15-16-19-22-27-32-37-42-49(2)3/h49-51H,6-48H2,1-5H3/t51-/m0/s1. The normalized spacial score (nSPS) is 12.1. The van der Waals surface area contributed by atoms with Gasteiger partial charge in [0.05, 0.1) is 0 Å². The molecule has 0 N–H and O–H groups in total. The van der Waals surface area contributed by atoms with Crippen LogP contribution >= 0.6 is 0 Å². The second kappa shape index (κ2) is 46.9.